The molecule has 0 spiro atoms. The van der Waals surface area contributed by atoms with Gasteiger partial charge in [-0.25, -0.2) is 8.78 Å². The Hall–Kier alpha value is -2.33. The van der Waals surface area contributed by atoms with Crippen molar-refractivity contribution in [1.82, 2.24) is 4.98 Å². The molecule has 4 heteroatoms. The fraction of sp³-hybridized carbons (Fsp3) is 0.0625. The van der Waals surface area contributed by atoms with Crippen LogP contribution in [0.4, 0.5) is 8.78 Å². The van der Waals surface area contributed by atoms with Gasteiger partial charge in [0.25, 0.3) is 0 Å². The maximum Gasteiger partial charge on any atom is 0.131 e. The van der Waals surface area contributed by atoms with Crippen LogP contribution < -0.4 is 5.73 Å². The lowest BCUT2D eigenvalue weighted by atomic mass is 9.98. The minimum atomic E-state index is -0.651. The number of pyridine rings is 1. The molecule has 3 rings (SSSR count). The molecule has 0 radical (unpaired) electrons. The van der Waals surface area contributed by atoms with Crippen LogP contribution in [0.15, 0.2) is 54.7 Å². The van der Waals surface area contributed by atoms with Crippen molar-refractivity contribution >= 4 is 10.9 Å². The molecule has 0 aliphatic rings. The molecule has 20 heavy (non-hydrogen) atoms. The van der Waals surface area contributed by atoms with E-state index in [1.165, 1.54) is 12.1 Å². The number of rotatable bonds is 2. The lowest BCUT2D eigenvalue weighted by Crippen LogP contribution is -2.13. The molecule has 1 unspecified atom stereocenters. The zero-order valence-corrected chi connectivity index (χ0v) is 10.6. The molecule has 0 saturated heterocycles. The number of fused-ring (bicyclic) bond motifs is 1. The second-order valence-corrected chi connectivity index (χ2v) is 4.60. The van der Waals surface area contributed by atoms with Crippen LogP contribution in [-0.2, 0) is 0 Å². The summed E-state index contributed by atoms with van der Waals surface area (Å²) in [6.07, 6.45) is 1.69. The molecule has 0 aliphatic heterocycles. The van der Waals surface area contributed by atoms with E-state index >= 15 is 0 Å². The molecular weight excluding hydrogens is 258 g/mol. The van der Waals surface area contributed by atoms with Gasteiger partial charge in [0.1, 0.15) is 11.6 Å². The molecule has 2 N–H and O–H groups in total. The molecule has 2 aromatic carbocycles. The van der Waals surface area contributed by atoms with Gasteiger partial charge < -0.3 is 5.73 Å². The zero-order chi connectivity index (χ0) is 14.1. The minimum absolute atomic E-state index is 0.265. The van der Waals surface area contributed by atoms with Crippen molar-refractivity contribution in [1.29, 1.82) is 0 Å². The van der Waals surface area contributed by atoms with E-state index in [-0.39, 0.29) is 5.56 Å². The van der Waals surface area contributed by atoms with Gasteiger partial charge in [-0.2, -0.15) is 0 Å². The third-order valence-corrected chi connectivity index (χ3v) is 3.29. The highest BCUT2D eigenvalue weighted by Gasteiger charge is 2.14. The summed E-state index contributed by atoms with van der Waals surface area (Å²) in [5, 5.41) is 0.989. The number of hydrogen-bond acceptors (Lipinski definition) is 2. The second-order valence-electron chi connectivity index (χ2n) is 4.60. The molecule has 2 nitrogen and oxygen atoms in total. The van der Waals surface area contributed by atoms with E-state index in [2.05, 4.69) is 4.98 Å². The van der Waals surface area contributed by atoms with Crippen LogP contribution >= 0.6 is 0 Å². The van der Waals surface area contributed by atoms with Gasteiger partial charge in [-0.3, -0.25) is 4.98 Å². The number of nitrogens with two attached hydrogens (primary N) is 1. The van der Waals surface area contributed by atoms with Gasteiger partial charge >= 0.3 is 0 Å². The van der Waals surface area contributed by atoms with Gasteiger partial charge in [0.15, 0.2) is 0 Å². The predicted molar refractivity (Wildman–Crippen MR) is 74.1 cm³/mol. The van der Waals surface area contributed by atoms with Crippen molar-refractivity contribution in [2.45, 2.75) is 6.04 Å². The van der Waals surface area contributed by atoms with Crippen molar-refractivity contribution in [3.8, 4) is 0 Å². The summed E-state index contributed by atoms with van der Waals surface area (Å²) in [4.78, 5) is 4.25. The molecule has 100 valence electrons. The van der Waals surface area contributed by atoms with Gasteiger partial charge in [-0.1, -0.05) is 24.3 Å². The SMILES string of the molecule is NC(c1ccc2cccnc2c1)c1ccc(F)cc1F. The Morgan fingerprint density at radius 2 is 1.85 bits per heavy atom. The second kappa shape index (κ2) is 4.98. The molecule has 0 bridgehead atoms. The zero-order valence-electron chi connectivity index (χ0n) is 10.6. The van der Waals surface area contributed by atoms with Crippen LogP contribution in [0.1, 0.15) is 17.2 Å². The Morgan fingerprint density at radius 1 is 1.00 bits per heavy atom. The first-order chi connectivity index (χ1) is 9.65. The van der Waals surface area contributed by atoms with Crippen molar-refractivity contribution in [3.05, 3.63) is 77.5 Å². The van der Waals surface area contributed by atoms with Crippen LogP contribution in [0.3, 0.4) is 0 Å². The van der Waals surface area contributed by atoms with Gasteiger partial charge in [-0.05, 0) is 23.8 Å². The van der Waals surface area contributed by atoms with E-state index in [0.717, 1.165) is 22.5 Å². The molecule has 0 saturated carbocycles. The minimum Gasteiger partial charge on any atom is -0.320 e. The van der Waals surface area contributed by atoms with Crippen LogP contribution in [0.2, 0.25) is 0 Å². The summed E-state index contributed by atoms with van der Waals surface area (Å²) in [5.41, 5.74) is 7.87. The highest BCUT2D eigenvalue weighted by molar-refractivity contribution is 5.79. The molecule has 1 atom stereocenters. The smallest absolute Gasteiger partial charge is 0.131 e. The third kappa shape index (κ3) is 2.26. The molecule has 0 aliphatic carbocycles. The lowest BCUT2D eigenvalue weighted by Gasteiger charge is -2.14. The normalized spacial score (nSPS) is 12.6. The number of hydrogen-bond donors (Lipinski definition) is 1. The fourth-order valence-corrected chi connectivity index (χ4v) is 2.21. The molecule has 1 heterocycles. The van der Waals surface area contributed by atoms with E-state index in [9.17, 15) is 8.78 Å². The van der Waals surface area contributed by atoms with Crippen LogP contribution in [-0.4, -0.2) is 4.98 Å². The molecule has 0 fully saturated rings. The van der Waals surface area contributed by atoms with Gasteiger partial charge in [0.2, 0.25) is 0 Å². The summed E-state index contributed by atoms with van der Waals surface area (Å²) >= 11 is 0. The Balaban J connectivity index is 2.05. The number of halogens is 2. The topological polar surface area (TPSA) is 38.9 Å². The molecule has 1 aromatic heterocycles. The van der Waals surface area contributed by atoms with E-state index < -0.39 is 17.7 Å². The average Bonchev–Trinajstić information content (AvgIpc) is 2.46. The fourth-order valence-electron chi connectivity index (χ4n) is 2.21. The van der Waals surface area contributed by atoms with Crippen molar-refractivity contribution in [2.24, 2.45) is 5.73 Å². The Bertz CT molecular complexity index is 771. The quantitative estimate of drug-likeness (QED) is 0.773. The summed E-state index contributed by atoms with van der Waals surface area (Å²) < 4.78 is 26.7. The van der Waals surface area contributed by atoms with Gasteiger partial charge in [-0.15, -0.1) is 0 Å². The average molecular weight is 270 g/mol. The number of aromatic nitrogens is 1. The monoisotopic (exact) mass is 270 g/mol. The van der Waals surface area contributed by atoms with Crippen LogP contribution in [0.5, 0.6) is 0 Å². The first-order valence-corrected chi connectivity index (χ1v) is 6.20. The van der Waals surface area contributed by atoms with Crippen molar-refractivity contribution < 1.29 is 8.78 Å². The van der Waals surface area contributed by atoms with Gasteiger partial charge in [0, 0.05) is 23.2 Å². The first-order valence-electron chi connectivity index (χ1n) is 6.20. The third-order valence-electron chi connectivity index (χ3n) is 3.29. The largest absolute Gasteiger partial charge is 0.320 e. The van der Waals surface area contributed by atoms with E-state index in [1.54, 1.807) is 6.20 Å². The van der Waals surface area contributed by atoms with E-state index in [0.29, 0.717) is 0 Å². The summed E-state index contributed by atoms with van der Waals surface area (Å²) in [7, 11) is 0. The highest BCUT2D eigenvalue weighted by atomic mass is 19.1. The van der Waals surface area contributed by atoms with Crippen LogP contribution in [0, 0.1) is 11.6 Å². The highest BCUT2D eigenvalue weighted by Crippen LogP contribution is 2.25. The summed E-state index contributed by atoms with van der Waals surface area (Å²) in [5.74, 6) is -1.25. The summed E-state index contributed by atoms with van der Waals surface area (Å²) in [6.45, 7) is 0. The number of benzene rings is 2. The summed E-state index contributed by atoms with van der Waals surface area (Å²) in [6, 6.07) is 12.1. The van der Waals surface area contributed by atoms with E-state index in [1.807, 2.05) is 30.3 Å². The maximum atomic E-state index is 13.8. The van der Waals surface area contributed by atoms with Gasteiger partial charge in [0.05, 0.1) is 11.6 Å². The van der Waals surface area contributed by atoms with E-state index in [4.69, 9.17) is 5.73 Å². The Labute approximate surface area is 114 Å². The Morgan fingerprint density at radius 3 is 2.65 bits per heavy atom. The Kier molecular flexibility index (Phi) is 3.16. The van der Waals surface area contributed by atoms with Crippen molar-refractivity contribution in [2.75, 3.05) is 0 Å². The molecular formula is C16H12F2N2. The van der Waals surface area contributed by atoms with Crippen molar-refractivity contribution in [3.63, 3.8) is 0 Å². The standard InChI is InChI=1S/C16H12F2N2/c17-12-5-6-13(14(18)9-12)16(19)11-4-3-10-2-1-7-20-15(10)8-11/h1-9,16H,19H2. The molecule has 3 aromatic rings. The maximum absolute atomic E-state index is 13.8. The first kappa shape index (κ1) is 12.7. The lowest BCUT2D eigenvalue weighted by molar-refractivity contribution is 0.566. The number of nitrogens with zero attached hydrogens (tertiary/aromatic N) is 1. The predicted octanol–water partition coefficient (Wildman–Crippen LogP) is 3.56. The van der Waals surface area contributed by atoms with Crippen LogP contribution in [0.25, 0.3) is 10.9 Å². The molecule has 0 amide bonds.